The summed E-state index contributed by atoms with van der Waals surface area (Å²) in [5, 5.41) is 22.3. The maximum atomic E-state index is 9.73. The van der Waals surface area contributed by atoms with Gasteiger partial charge in [0.25, 0.3) is 0 Å². The number of ether oxygens (including phenoxy) is 1. The molecule has 16 heavy (non-hydrogen) atoms. The van der Waals surface area contributed by atoms with Gasteiger partial charge >= 0.3 is 0 Å². The Kier molecular flexibility index (Phi) is 8.40. The molecule has 0 saturated heterocycles. The molecule has 0 aliphatic carbocycles. The van der Waals surface area contributed by atoms with Crippen molar-refractivity contribution in [2.24, 2.45) is 5.41 Å². The zero-order valence-electron chi connectivity index (χ0n) is 10.4. The van der Waals surface area contributed by atoms with Crippen molar-refractivity contribution in [3.63, 3.8) is 0 Å². The molecule has 0 radical (unpaired) electrons. The lowest BCUT2D eigenvalue weighted by molar-refractivity contribution is -0.178. The summed E-state index contributed by atoms with van der Waals surface area (Å²) < 4.78 is 5.24. The first-order valence-corrected chi connectivity index (χ1v) is 6.36. The quantitative estimate of drug-likeness (QED) is 0.276. The second kappa shape index (κ2) is 8.31. The van der Waals surface area contributed by atoms with Gasteiger partial charge in [0.1, 0.15) is 0 Å². The van der Waals surface area contributed by atoms with E-state index in [1.54, 1.807) is 0 Å². The van der Waals surface area contributed by atoms with Crippen molar-refractivity contribution in [1.82, 2.24) is 5.32 Å². The third-order valence-corrected chi connectivity index (χ3v) is 2.92. The molecule has 5 heteroatoms. The first-order valence-electron chi connectivity index (χ1n) is 5.73. The molecular formula is C11H25NO3S. The van der Waals surface area contributed by atoms with E-state index in [2.05, 4.69) is 17.9 Å². The summed E-state index contributed by atoms with van der Waals surface area (Å²) in [6.45, 7) is 7.22. The lowest BCUT2D eigenvalue weighted by Gasteiger charge is -2.29. The molecule has 2 unspecified atom stereocenters. The van der Waals surface area contributed by atoms with Gasteiger partial charge in [-0.2, -0.15) is 12.6 Å². The molecule has 0 aromatic rings. The molecule has 0 saturated carbocycles. The lowest BCUT2D eigenvalue weighted by Crippen LogP contribution is -2.37. The molecule has 3 N–H and O–H groups in total. The minimum Gasteiger partial charge on any atom is -0.389 e. The van der Waals surface area contributed by atoms with E-state index >= 15 is 0 Å². The highest BCUT2D eigenvalue weighted by Crippen LogP contribution is 2.25. The predicted molar refractivity (Wildman–Crippen MR) is 68.8 cm³/mol. The fourth-order valence-corrected chi connectivity index (χ4v) is 1.17. The van der Waals surface area contributed by atoms with Crippen LogP contribution in [0.15, 0.2) is 0 Å². The van der Waals surface area contributed by atoms with E-state index in [4.69, 9.17) is 4.74 Å². The van der Waals surface area contributed by atoms with E-state index in [1.165, 1.54) is 0 Å². The van der Waals surface area contributed by atoms with Gasteiger partial charge in [0.15, 0.2) is 6.29 Å². The normalized spacial score (nSPS) is 16.1. The fraction of sp³-hybridized carbons (Fsp3) is 1.00. The van der Waals surface area contributed by atoms with Gasteiger partial charge in [-0.1, -0.05) is 20.8 Å². The molecular weight excluding hydrogens is 226 g/mol. The van der Waals surface area contributed by atoms with Crippen molar-refractivity contribution in [2.45, 2.75) is 39.6 Å². The third-order valence-electron chi connectivity index (χ3n) is 2.69. The Hall–Kier alpha value is 0.190. The summed E-state index contributed by atoms with van der Waals surface area (Å²) in [5.41, 5.74) is -0.280. The molecule has 0 rings (SSSR count). The Labute approximate surface area is 104 Å². The van der Waals surface area contributed by atoms with Gasteiger partial charge in [-0.25, -0.2) is 0 Å². The van der Waals surface area contributed by atoms with Crippen LogP contribution in [0.1, 0.15) is 27.2 Å². The second-order valence-corrected chi connectivity index (χ2v) is 5.06. The molecule has 0 bridgehead atoms. The van der Waals surface area contributed by atoms with Crippen LogP contribution in [0.2, 0.25) is 0 Å². The maximum Gasteiger partial charge on any atom is 0.159 e. The molecule has 0 aliphatic rings. The predicted octanol–water partition coefficient (Wildman–Crippen LogP) is 0.638. The molecule has 0 aromatic heterocycles. The Bertz CT molecular complexity index is 179. The lowest BCUT2D eigenvalue weighted by atomic mass is 9.89. The summed E-state index contributed by atoms with van der Waals surface area (Å²) in [6.07, 6.45) is -0.610. The van der Waals surface area contributed by atoms with Crippen molar-refractivity contribution >= 4 is 12.6 Å². The van der Waals surface area contributed by atoms with Crippen LogP contribution in [0, 0.1) is 5.41 Å². The molecule has 0 aliphatic heterocycles. The van der Waals surface area contributed by atoms with Gasteiger partial charge in [-0.05, 0) is 6.42 Å². The summed E-state index contributed by atoms with van der Waals surface area (Å²) in [5.74, 6) is 0.735. The maximum absolute atomic E-state index is 9.73. The zero-order chi connectivity index (χ0) is 12.6. The highest BCUT2D eigenvalue weighted by atomic mass is 32.1. The smallest absolute Gasteiger partial charge is 0.159 e. The van der Waals surface area contributed by atoms with Crippen LogP contribution in [0.5, 0.6) is 0 Å². The number of nitrogens with one attached hydrogen (secondary N) is 1. The van der Waals surface area contributed by atoms with E-state index < -0.39 is 12.4 Å². The topological polar surface area (TPSA) is 61.7 Å². The summed E-state index contributed by atoms with van der Waals surface area (Å²) in [6, 6.07) is 0. The number of hydrogen-bond donors (Lipinski definition) is 4. The van der Waals surface area contributed by atoms with Gasteiger partial charge < -0.3 is 20.3 Å². The Morgan fingerprint density at radius 3 is 2.50 bits per heavy atom. The van der Waals surface area contributed by atoms with Crippen LogP contribution in [0.4, 0.5) is 0 Å². The van der Waals surface area contributed by atoms with E-state index in [0.29, 0.717) is 6.54 Å². The average molecular weight is 251 g/mol. The van der Waals surface area contributed by atoms with Crippen LogP contribution in [-0.4, -0.2) is 48.1 Å². The second-order valence-electron chi connectivity index (χ2n) is 4.61. The van der Waals surface area contributed by atoms with E-state index in [9.17, 15) is 10.2 Å². The number of rotatable bonds is 9. The van der Waals surface area contributed by atoms with Gasteiger partial charge in [0.05, 0.1) is 12.7 Å². The van der Waals surface area contributed by atoms with Gasteiger partial charge in [-0.3, -0.25) is 0 Å². The number of aliphatic hydroxyl groups is 2. The van der Waals surface area contributed by atoms with E-state index in [0.717, 1.165) is 18.7 Å². The standard InChI is InChI=1S/C11H25NO3S/c1-4-11(2,3)10(14)15-8-9(13)7-12-5-6-16/h9-10,12-14,16H,4-8H2,1-3H3. The molecule has 0 heterocycles. The zero-order valence-corrected chi connectivity index (χ0v) is 11.3. The first-order chi connectivity index (χ1) is 7.44. The van der Waals surface area contributed by atoms with Gasteiger partial charge in [0.2, 0.25) is 0 Å². The largest absolute Gasteiger partial charge is 0.389 e. The minimum atomic E-state index is -0.836. The van der Waals surface area contributed by atoms with Crippen molar-refractivity contribution < 1.29 is 14.9 Å². The van der Waals surface area contributed by atoms with Crippen molar-refractivity contribution in [1.29, 1.82) is 0 Å². The highest BCUT2D eigenvalue weighted by molar-refractivity contribution is 7.80. The van der Waals surface area contributed by atoms with Crippen LogP contribution in [0.3, 0.4) is 0 Å². The molecule has 4 nitrogen and oxygen atoms in total. The monoisotopic (exact) mass is 251 g/mol. The summed E-state index contributed by atoms with van der Waals surface area (Å²) >= 11 is 4.04. The molecule has 0 aromatic carbocycles. The Balaban J connectivity index is 3.70. The summed E-state index contributed by atoms with van der Waals surface area (Å²) in [4.78, 5) is 0. The number of aliphatic hydroxyl groups excluding tert-OH is 2. The average Bonchev–Trinajstić information content (AvgIpc) is 2.26. The van der Waals surface area contributed by atoms with E-state index in [1.807, 2.05) is 20.8 Å². The highest BCUT2D eigenvalue weighted by Gasteiger charge is 2.26. The van der Waals surface area contributed by atoms with Crippen LogP contribution >= 0.6 is 12.6 Å². The third kappa shape index (κ3) is 6.70. The molecule has 2 atom stereocenters. The van der Waals surface area contributed by atoms with E-state index in [-0.39, 0.29) is 12.0 Å². The van der Waals surface area contributed by atoms with Crippen LogP contribution < -0.4 is 5.32 Å². The van der Waals surface area contributed by atoms with Crippen LogP contribution in [0.25, 0.3) is 0 Å². The summed E-state index contributed by atoms with van der Waals surface area (Å²) in [7, 11) is 0. The molecule has 0 amide bonds. The van der Waals surface area contributed by atoms with Crippen molar-refractivity contribution in [3.8, 4) is 0 Å². The molecule has 98 valence electrons. The molecule has 0 spiro atoms. The van der Waals surface area contributed by atoms with Crippen molar-refractivity contribution in [2.75, 3.05) is 25.4 Å². The SMILES string of the molecule is CCC(C)(C)C(O)OCC(O)CNCCS. The Morgan fingerprint density at radius 1 is 1.38 bits per heavy atom. The van der Waals surface area contributed by atoms with Crippen LogP contribution in [-0.2, 0) is 4.74 Å². The first kappa shape index (κ1) is 16.2. The fourth-order valence-electron chi connectivity index (χ4n) is 1.01. The Morgan fingerprint density at radius 2 is 2.00 bits per heavy atom. The van der Waals surface area contributed by atoms with Crippen molar-refractivity contribution in [3.05, 3.63) is 0 Å². The molecule has 0 fully saturated rings. The number of hydrogen-bond acceptors (Lipinski definition) is 5. The minimum absolute atomic E-state index is 0.143. The van der Waals surface area contributed by atoms with Gasteiger partial charge in [-0.15, -0.1) is 0 Å². The number of thiol groups is 1. The van der Waals surface area contributed by atoms with Gasteiger partial charge in [0, 0.05) is 24.3 Å².